The fraction of sp³-hybridized carbons (Fsp3) is 0.140. The van der Waals surface area contributed by atoms with Crippen molar-refractivity contribution in [3.8, 4) is 28.2 Å². The summed E-state index contributed by atoms with van der Waals surface area (Å²) < 4.78 is 15.6. The van der Waals surface area contributed by atoms with Gasteiger partial charge in [0.1, 0.15) is 11.5 Å². The molecular weight excluding hydrogens is 810 g/mol. The first-order valence-corrected chi connectivity index (χ1v) is 20.0. The molecular formula is C43H34Cl3FN12. The Balaban J connectivity index is 0.000000152. The van der Waals surface area contributed by atoms with Gasteiger partial charge < -0.3 is 15.2 Å². The highest BCUT2D eigenvalue weighted by molar-refractivity contribution is 6.36. The number of nitrogens with one attached hydrogen (secondary N) is 4. The molecule has 16 heteroatoms. The summed E-state index contributed by atoms with van der Waals surface area (Å²) in [5, 5.41) is 24.2. The van der Waals surface area contributed by atoms with E-state index in [0.29, 0.717) is 55.6 Å². The van der Waals surface area contributed by atoms with Gasteiger partial charge in [0.05, 0.1) is 40.0 Å². The van der Waals surface area contributed by atoms with Gasteiger partial charge in [0, 0.05) is 56.0 Å². The number of anilines is 4. The van der Waals surface area contributed by atoms with E-state index in [-0.39, 0.29) is 5.82 Å². The molecule has 0 saturated heterocycles. The zero-order chi connectivity index (χ0) is 40.3. The molecule has 0 unspecified atom stereocenters. The van der Waals surface area contributed by atoms with Crippen LogP contribution < -0.4 is 10.6 Å². The number of H-pyrrole nitrogens is 2. The number of hydrogen-bond donors (Lipinski definition) is 4. The summed E-state index contributed by atoms with van der Waals surface area (Å²) in [5.74, 6) is 2.05. The molecule has 0 aliphatic heterocycles. The zero-order valence-corrected chi connectivity index (χ0v) is 33.4. The zero-order valence-electron chi connectivity index (χ0n) is 31.2. The van der Waals surface area contributed by atoms with Gasteiger partial charge in [-0.15, -0.1) is 0 Å². The molecule has 12 nitrogen and oxygen atoms in total. The molecule has 0 bridgehead atoms. The minimum Gasteiger partial charge on any atom is -0.307 e. The average Bonchev–Trinajstić information content (AvgIpc) is 4.03. The lowest BCUT2D eigenvalue weighted by Crippen LogP contribution is -2.09. The summed E-state index contributed by atoms with van der Waals surface area (Å²) >= 11 is 19.0. The fourth-order valence-electron chi connectivity index (χ4n) is 7.19. The van der Waals surface area contributed by atoms with Crippen molar-refractivity contribution in [1.29, 1.82) is 0 Å². The first kappa shape index (κ1) is 38.1. The third-order valence-electron chi connectivity index (χ3n) is 10.1. The lowest BCUT2D eigenvalue weighted by Gasteiger charge is -2.22. The number of rotatable bonds is 8. The molecule has 1 saturated carbocycles. The molecule has 5 aromatic heterocycles. The number of imidazole rings is 1. The first-order valence-electron chi connectivity index (χ1n) is 18.9. The molecule has 0 spiro atoms. The molecule has 10 rings (SSSR count). The highest BCUT2D eigenvalue weighted by atomic mass is 35.5. The Labute approximate surface area is 352 Å². The van der Waals surface area contributed by atoms with Crippen molar-refractivity contribution in [1.82, 2.24) is 49.9 Å². The van der Waals surface area contributed by atoms with Gasteiger partial charge in [-0.25, -0.2) is 29.3 Å². The standard InChI is InChI=1S/C23H21ClFN5.C20H13Cl2N7/c24-18-9-5-4-8-16(18)21-13-20(14-6-2-1-3-7-14)26-23(27-21)28-22-17-12-15(25)10-11-19(17)29-30-22;21-12-5-6-13(15(22)9-12)18-17(29-8-7-23-11-29)10-24-20(25-18)26-19-14-3-1-2-4-16(14)27-28-19/h4-5,8-14H,1-3,6-7H2,(H2,26,27,28,29,30);1-11H,(H2,24,25,26,27,28). The summed E-state index contributed by atoms with van der Waals surface area (Å²) in [6.45, 7) is 0. The van der Waals surface area contributed by atoms with Crippen molar-refractivity contribution in [2.75, 3.05) is 10.6 Å². The largest absolute Gasteiger partial charge is 0.307 e. The monoisotopic (exact) mass is 842 g/mol. The maximum Gasteiger partial charge on any atom is 0.229 e. The Morgan fingerprint density at radius 2 is 1.46 bits per heavy atom. The normalized spacial score (nSPS) is 13.0. The summed E-state index contributed by atoms with van der Waals surface area (Å²) in [5.41, 5.74) is 6.42. The number of fused-ring (bicyclic) bond motifs is 2. The quantitative estimate of drug-likeness (QED) is 0.117. The minimum atomic E-state index is -0.319. The third-order valence-corrected chi connectivity index (χ3v) is 11.0. The fourth-order valence-corrected chi connectivity index (χ4v) is 7.92. The van der Waals surface area contributed by atoms with E-state index in [9.17, 15) is 4.39 Å². The minimum absolute atomic E-state index is 0.319. The summed E-state index contributed by atoms with van der Waals surface area (Å²) in [7, 11) is 0. The number of aromatic nitrogens is 10. The van der Waals surface area contributed by atoms with E-state index in [1.807, 2.05) is 71.4 Å². The topological polar surface area (TPSA) is 151 Å². The van der Waals surface area contributed by atoms with Gasteiger partial charge in [0.25, 0.3) is 0 Å². The van der Waals surface area contributed by atoms with Gasteiger partial charge in [-0.3, -0.25) is 10.2 Å². The lowest BCUT2D eigenvalue weighted by molar-refractivity contribution is 0.436. The molecule has 0 atom stereocenters. The second-order valence-corrected chi connectivity index (χ2v) is 15.2. The number of halogens is 4. The SMILES string of the molecule is Clc1ccc(-c2nc(Nc3n[nH]c4ccccc34)ncc2-n2ccnc2)c(Cl)c1.Fc1ccc2[nH]nc(Nc3nc(-c4ccccc4Cl)cc(C4CCCCC4)n3)c2c1. The van der Waals surface area contributed by atoms with Crippen LogP contribution in [0.3, 0.4) is 0 Å². The second-order valence-electron chi connectivity index (χ2n) is 14.0. The maximum absolute atomic E-state index is 13.8. The molecule has 59 heavy (non-hydrogen) atoms. The van der Waals surface area contributed by atoms with E-state index in [1.165, 1.54) is 31.4 Å². The summed E-state index contributed by atoms with van der Waals surface area (Å²) in [6, 6.07) is 27.3. The van der Waals surface area contributed by atoms with Crippen LogP contribution in [0.5, 0.6) is 0 Å². The first-order chi connectivity index (χ1) is 28.9. The van der Waals surface area contributed by atoms with Crippen LogP contribution in [0.25, 0.3) is 50.0 Å². The molecule has 0 amide bonds. The number of aromatic amines is 2. The molecule has 294 valence electrons. The number of nitrogens with zero attached hydrogens (tertiary/aromatic N) is 8. The van der Waals surface area contributed by atoms with Crippen molar-refractivity contribution >= 4 is 80.1 Å². The van der Waals surface area contributed by atoms with Crippen LogP contribution in [-0.4, -0.2) is 49.9 Å². The molecule has 4 N–H and O–H groups in total. The Morgan fingerprint density at radius 3 is 2.25 bits per heavy atom. The lowest BCUT2D eigenvalue weighted by atomic mass is 9.86. The van der Waals surface area contributed by atoms with Crippen molar-refractivity contribution in [2.45, 2.75) is 38.0 Å². The predicted octanol–water partition coefficient (Wildman–Crippen LogP) is 11.9. The maximum atomic E-state index is 13.8. The van der Waals surface area contributed by atoms with Gasteiger partial charge in [0.2, 0.25) is 11.9 Å². The van der Waals surface area contributed by atoms with E-state index >= 15 is 0 Å². The van der Waals surface area contributed by atoms with Crippen LogP contribution in [0, 0.1) is 5.82 Å². The van der Waals surface area contributed by atoms with E-state index in [1.54, 1.807) is 36.9 Å². The highest BCUT2D eigenvalue weighted by Crippen LogP contribution is 2.37. The van der Waals surface area contributed by atoms with E-state index in [2.05, 4.69) is 41.0 Å². The molecule has 0 radical (unpaired) electrons. The van der Waals surface area contributed by atoms with Crippen molar-refractivity contribution in [3.63, 3.8) is 0 Å². The predicted molar refractivity (Wildman–Crippen MR) is 232 cm³/mol. The van der Waals surface area contributed by atoms with Crippen molar-refractivity contribution < 1.29 is 4.39 Å². The molecule has 4 aromatic carbocycles. The average molecular weight is 844 g/mol. The van der Waals surface area contributed by atoms with Crippen molar-refractivity contribution in [2.24, 2.45) is 0 Å². The molecule has 5 heterocycles. The molecule has 1 fully saturated rings. The molecule has 1 aliphatic rings. The highest BCUT2D eigenvalue weighted by Gasteiger charge is 2.21. The second kappa shape index (κ2) is 16.8. The van der Waals surface area contributed by atoms with Gasteiger partial charge in [-0.1, -0.05) is 84.4 Å². The number of benzene rings is 4. The van der Waals surface area contributed by atoms with E-state index in [4.69, 9.17) is 49.8 Å². The van der Waals surface area contributed by atoms with Crippen LogP contribution in [0.1, 0.15) is 43.7 Å². The van der Waals surface area contributed by atoms with E-state index in [0.717, 1.165) is 57.5 Å². The van der Waals surface area contributed by atoms with Crippen LogP contribution in [0.4, 0.5) is 27.9 Å². The van der Waals surface area contributed by atoms with Gasteiger partial charge in [-0.2, -0.15) is 10.2 Å². The van der Waals surface area contributed by atoms with Crippen molar-refractivity contribution in [3.05, 3.63) is 142 Å². The number of hydrogen-bond acceptors (Lipinski definition) is 9. The Hall–Kier alpha value is -6.41. The van der Waals surface area contributed by atoms with Crippen LogP contribution >= 0.6 is 34.8 Å². The molecule has 9 aromatic rings. The smallest absolute Gasteiger partial charge is 0.229 e. The Morgan fingerprint density at radius 1 is 0.695 bits per heavy atom. The van der Waals surface area contributed by atoms with Crippen LogP contribution in [0.15, 0.2) is 116 Å². The van der Waals surface area contributed by atoms with Crippen LogP contribution in [0.2, 0.25) is 15.1 Å². The van der Waals surface area contributed by atoms with E-state index < -0.39 is 0 Å². The third kappa shape index (κ3) is 8.31. The van der Waals surface area contributed by atoms with Gasteiger partial charge >= 0.3 is 0 Å². The van der Waals surface area contributed by atoms with Crippen LogP contribution in [-0.2, 0) is 0 Å². The molecule has 1 aliphatic carbocycles. The Bertz CT molecular complexity index is 2910. The summed E-state index contributed by atoms with van der Waals surface area (Å²) in [6.07, 6.45) is 12.8. The van der Waals surface area contributed by atoms with Gasteiger partial charge in [-0.05, 0) is 73.5 Å². The Kier molecular flexibility index (Phi) is 10.9. The summed E-state index contributed by atoms with van der Waals surface area (Å²) in [4.78, 5) is 22.8. The van der Waals surface area contributed by atoms with Gasteiger partial charge in [0.15, 0.2) is 11.6 Å². The number of para-hydroxylation sites is 1.